The third-order valence-corrected chi connectivity index (χ3v) is 3.66. The van der Waals surface area contributed by atoms with Gasteiger partial charge in [-0.3, -0.25) is 4.79 Å². The molecule has 0 radical (unpaired) electrons. The average molecular weight is 357 g/mol. The van der Waals surface area contributed by atoms with Gasteiger partial charge in [0, 0.05) is 6.08 Å². The maximum atomic E-state index is 11.9. The van der Waals surface area contributed by atoms with Crippen molar-refractivity contribution in [2.45, 2.75) is 19.6 Å². The van der Waals surface area contributed by atoms with E-state index >= 15 is 0 Å². The Morgan fingerprint density at radius 2 is 2.04 bits per heavy atom. The molecule has 1 N–H and O–H groups in total. The Balaban J connectivity index is 1.49. The monoisotopic (exact) mass is 357 g/mol. The first-order valence-electron chi connectivity index (χ1n) is 8.20. The zero-order valence-corrected chi connectivity index (χ0v) is 14.3. The van der Waals surface area contributed by atoms with Crippen LogP contribution in [0.3, 0.4) is 0 Å². The summed E-state index contributed by atoms with van der Waals surface area (Å²) in [6.07, 6.45) is 3.46. The quantitative estimate of drug-likeness (QED) is 0.631. The summed E-state index contributed by atoms with van der Waals surface area (Å²) in [5, 5.41) is 2.63. The topological polar surface area (TPSA) is 87.0 Å². The van der Waals surface area contributed by atoms with Crippen LogP contribution in [0.5, 0.6) is 11.5 Å². The highest BCUT2D eigenvalue weighted by molar-refractivity contribution is 5.90. The van der Waals surface area contributed by atoms with Crippen LogP contribution in [0.2, 0.25) is 0 Å². The molecule has 1 aliphatic heterocycles. The van der Waals surface area contributed by atoms with Crippen LogP contribution in [0.1, 0.15) is 18.2 Å². The number of rotatable bonds is 6. The molecule has 7 nitrogen and oxygen atoms in total. The number of furan rings is 1. The second-order valence-corrected chi connectivity index (χ2v) is 5.61. The van der Waals surface area contributed by atoms with Crippen molar-refractivity contribution in [1.29, 1.82) is 0 Å². The van der Waals surface area contributed by atoms with Crippen LogP contribution < -0.4 is 14.8 Å². The van der Waals surface area contributed by atoms with Crippen LogP contribution in [0.15, 0.2) is 47.1 Å². The lowest BCUT2D eigenvalue weighted by Crippen LogP contribution is -2.35. The molecule has 1 aliphatic rings. The molecule has 1 atom stereocenters. The van der Waals surface area contributed by atoms with Gasteiger partial charge in [0.05, 0.1) is 12.8 Å². The summed E-state index contributed by atoms with van der Waals surface area (Å²) in [6.45, 7) is 2.76. The van der Waals surface area contributed by atoms with Gasteiger partial charge >= 0.3 is 5.97 Å². The van der Waals surface area contributed by atoms with Crippen LogP contribution in [0.25, 0.3) is 6.08 Å². The molecule has 0 fully saturated rings. The summed E-state index contributed by atoms with van der Waals surface area (Å²) >= 11 is 0. The smallest absolute Gasteiger partial charge is 0.331 e. The number of ether oxygens (including phenoxy) is 3. The number of carbonyl (C=O) groups excluding carboxylic acids is 2. The average Bonchev–Trinajstić information content (AvgIpc) is 3.17. The first-order chi connectivity index (χ1) is 12.6. The van der Waals surface area contributed by atoms with E-state index in [0.717, 1.165) is 5.56 Å². The summed E-state index contributed by atoms with van der Waals surface area (Å²) in [7, 11) is 0. The van der Waals surface area contributed by atoms with E-state index in [-0.39, 0.29) is 6.54 Å². The third-order valence-electron chi connectivity index (χ3n) is 3.66. The second kappa shape index (κ2) is 8.24. The van der Waals surface area contributed by atoms with Crippen molar-refractivity contribution in [2.75, 3.05) is 13.2 Å². The largest absolute Gasteiger partial charge is 0.486 e. The molecule has 0 saturated heterocycles. The molecule has 2 heterocycles. The summed E-state index contributed by atoms with van der Waals surface area (Å²) in [5.41, 5.74) is 0.765. The lowest BCUT2D eigenvalue weighted by Gasteiger charge is -2.18. The lowest BCUT2D eigenvalue weighted by atomic mass is 10.2. The fourth-order valence-corrected chi connectivity index (χ4v) is 2.33. The van der Waals surface area contributed by atoms with Crippen molar-refractivity contribution in [2.24, 2.45) is 0 Å². The Hall–Kier alpha value is -3.22. The van der Waals surface area contributed by atoms with Crippen molar-refractivity contribution < 1.29 is 28.2 Å². The van der Waals surface area contributed by atoms with Crippen molar-refractivity contribution in [1.82, 2.24) is 5.32 Å². The number of amides is 1. The first-order valence-corrected chi connectivity index (χ1v) is 8.20. The van der Waals surface area contributed by atoms with Gasteiger partial charge in [0.1, 0.15) is 19.0 Å². The lowest BCUT2D eigenvalue weighted by molar-refractivity contribution is -0.150. The Labute approximate surface area is 150 Å². The molecule has 1 aromatic heterocycles. The van der Waals surface area contributed by atoms with E-state index in [0.29, 0.717) is 30.5 Å². The Morgan fingerprint density at radius 1 is 1.23 bits per heavy atom. The SMILES string of the molecule is C[C@@H](OC(=O)/C=C/c1ccc2c(c1)OCCO2)C(=O)NCc1ccco1. The highest BCUT2D eigenvalue weighted by atomic mass is 16.6. The number of fused-ring (bicyclic) bond motifs is 1. The minimum Gasteiger partial charge on any atom is -0.486 e. The summed E-state index contributed by atoms with van der Waals surface area (Å²) < 4.78 is 21.1. The Bertz CT molecular complexity index is 796. The number of nitrogens with one attached hydrogen (secondary N) is 1. The number of hydrogen-bond acceptors (Lipinski definition) is 6. The zero-order valence-electron chi connectivity index (χ0n) is 14.3. The van der Waals surface area contributed by atoms with Crippen molar-refractivity contribution >= 4 is 18.0 Å². The molecule has 7 heteroatoms. The third kappa shape index (κ3) is 4.66. The highest BCUT2D eigenvalue weighted by Gasteiger charge is 2.16. The maximum absolute atomic E-state index is 11.9. The van der Waals surface area contributed by atoms with Crippen LogP contribution in [-0.4, -0.2) is 31.2 Å². The van der Waals surface area contributed by atoms with Gasteiger partial charge in [-0.05, 0) is 42.8 Å². The van der Waals surface area contributed by atoms with E-state index in [1.807, 2.05) is 0 Å². The van der Waals surface area contributed by atoms with E-state index in [1.54, 1.807) is 36.4 Å². The molecular weight excluding hydrogens is 338 g/mol. The van der Waals surface area contributed by atoms with Crippen molar-refractivity contribution in [3.63, 3.8) is 0 Å². The van der Waals surface area contributed by atoms with Gasteiger partial charge in [-0.15, -0.1) is 0 Å². The molecule has 0 saturated carbocycles. The van der Waals surface area contributed by atoms with E-state index in [4.69, 9.17) is 18.6 Å². The Morgan fingerprint density at radius 3 is 2.81 bits per heavy atom. The second-order valence-electron chi connectivity index (χ2n) is 5.61. The standard InChI is InChI=1S/C19H19NO6/c1-13(19(22)20-12-15-3-2-8-23-15)26-18(21)7-5-14-4-6-16-17(11-14)25-10-9-24-16/h2-8,11,13H,9-10,12H2,1H3,(H,20,22)/b7-5+/t13-/m1/s1. The molecule has 1 aromatic carbocycles. The zero-order chi connectivity index (χ0) is 18.4. The Kier molecular flexibility index (Phi) is 5.58. The summed E-state index contributed by atoms with van der Waals surface area (Å²) in [5.74, 6) is 0.925. The highest BCUT2D eigenvalue weighted by Crippen LogP contribution is 2.31. The van der Waals surface area contributed by atoms with Crippen molar-refractivity contribution in [3.8, 4) is 11.5 Å². The molecule has 136 valence electrons. The summed E-state index contributed by atoms with van der Waals surface area (Å²) in [4.78, 5) is 23.8. The van der Waals surface area contributed by atoms with E-state index in [1.165, 1.54) is 19.3 Å². The van der Waals surface area contributed by atoms with E-state index < -0.39 is 18.0 Å². The molecule has 0 bridgehead atoms. The minimum absolute atomic E-state index is 0.237. The van der Waals surface area contributed by atoms with Crippen LogP contribution >= 0.6 is 0 Å². The van der Waals surface area contributed by atoms with Gasteiger partial charge in [-0.25, -0.2) is 4.79 Å². The maximum Gasteiger partial charge on any atom is 0.331 e. The number of hydrogen-bond donors (Lipinski definition) is 1. The molecule has 0 spiro atoms. The van der Waals surface area contributed by atoms with E-state index in [9.17, 15) is 9.59 Å². The van der Waals surface area contributed by atoms with Crippen LogP contribution in [0, 0.1) is 0 Å². The van der Waals surface area contributed by atoms with Gasteiger partial charge < -0.3 is 23.9 Å². The van der Waals surface area contributed by atoms with Crippen LogP contribution in [0.4, 0.5) is 0 Å². The minimum atomic E-state index is -0.914. The molecule has 1 amide bonds. The fourth-order valence-electron chi connectivity index (χ4n) is 2.33. The molecule has 2 aromatic rings. The number of benzene rings is 1. The molecule has 0 aliphatic carbocycles. The van der Waals surface area contributed by atoms with Gasteiger partial charge in [-0.1, -0.05) is 6.07 Å². The summed E-state index contributed by atoms with van der Waals surface area (Å²) in [6, 6.07) is 8.83. The first kappa shape index (κ1) is 17.6. The predicted octanol–water partition coefficient (Wildman–Crippen LogP) is 2.31. The number of esters is 1. The normalized spacial score (nSPS) is 14.0. The molecule has 26 heavy (non-hydrogen) atoms. The van der Waals surface area contributed by atoms with Gasteiger partial charge in [0.2, 0.25) is 0 Å². The van der Waals surface area contributed by atoms with Gasteiger partial charge in [0.25, 0.3) is 5.91 Å². The van der Waals surface area contributed by atoms with Gasteiger partial charge in [-0.2, -0.15) is 0 Å². The van der Waals surface area contributed by atoms with Crippen molar-refractivity contribution in [3.05, 3.63) is 54.0 Å². The van der Waals surface area contributed by atoms with E-state index in [2.05, 4.69) is 5.32 Å². The van der Waals surface area contributed by atoms with Gasteiger partial charge in [0.15, 0.2) is 17.6 Å². The number of carbonyl (C=O) groups is 2. The molecular formula is C19H19NO6. The molecule has 3 rings (SSSR count). The predicted molar refractivity (Wildman–Crippen MR) is 92.6 cm³/mol. The fraction of sp³-hybridized carbons (Fsp3) is 0.263. The molecule has 0 unspecified atom stereocenters. The van der Waals surface area contributed by atoms with Crippen LogP contribution in [-0.2, 0) is 20.9 Å².